The van der Waals surface area contributed by atoms with E-state index >= 15 is 0 Å². The number of carbonyl (C=O) groups is 2. The summed E-state index contributed by atoms with van der Waals surface area (Å²) in [6.07, 6.45) is 1.88. The lowest BCUT2D eigenvalue weighted by molar-refractivity contribution is -0.142. The molecule has 1 unspecified atom stereocenters. The second kappa shape index (κ2) is 11.3. The van der Waals surface area contributed by atoms with Crippen LogP contribution in [0, 0.1) is 0 Å². The SMILES string of the molecule is CCCCNC(=O)C(C)N(Cc1ccccc1Cl)C(=O)COc1ccccc1. The summed E-state index contributed by atoms with van der Waals surface area (Å²) in [7, 11) is 0. The first-order valence-corrected chi connectivity index (χ1v) is 9.89. The van der Waals surface area contributed by atoms with Crippen LogP contribution in [0.1, 0.15) is 32.3 Å². The lowest BCUT2D eigenvalue weighted by Gasteiger charge is -2.29. The largest absolute Gasteiger partial charge is 0.484 e. The van der Waals surface area contributed by atoms with Gasteiger partial charge in [-0.2, -0.15) is 0 Å². The van der Waals surface area contributed by atoms with Crippen molar-refractivity contribution in [2.75, 3.05) is 13.2 Å². The molecule has 5 nitrogen and oxygen atoms in total. The smallest absolute Gasteiger partial charge is 0.261 e. The van der Waals surface area contributed by atoms with Gasteiger partial charge < -0.3 is 15.0 Å². The predicted octanol–water partition coefficient (Wildman–Crippen LogP) is 4.05. The Morgan fingerprint density at radius 3 is 2.46 bits per heavy atom. The number of rotatable bonds is 10. The number of benzene rings is 2. The summed E-state index contributed by atoms with van der Waals surface area (Å²) in [4.78, 5) is 26.9. The van der Waals surface area contributed by atoms with Crippen molar-refractivity contribution in [1.82, 2.24) is 10.2 Å². The minimum atomic E-state index is -0.639. The summed E-state index contributed by atoms with van der Waals surface area (Å²) in [5.41, 5.74) is 0.783. The number of hydrogen-bond donors (Lipinski definition) is 1. The fraction of sp³-hybridized carbons (Fsp3) is 0.364. The monoisotopic (exact) mass is 402 g/mol. The molecule has 1 N–H and O–H groups in total. The van der Waals surface area contributed by atoms with Crippen LogP contribution in [0.25, 0.3) is 0 Å². The van der Waals surface area contributed by atoms with Crippen molar-refractivity contribution in [3.8, 4) is 5.75 Å². The van der Waals surface area contributed by atoms with Crippen molar-refractivity contribution in [2.24, 2.45) is 0 Å². The standard InChI is InChI=1S/C22H27ClN2O3/c1-3-4-14-24-22(27)17(2)25(15-18-10-8-9-13-20(18)23)21(26)16-28-19-11-6-5-7-12-19/h5-13,17H,3-4,14-16H2,1-2H3,(H,24,27). The third-order valence-electron chi connectivity index (χ3n) is 4.40. The van der Waals surface area contributed by atoms with Crippen LogP contribution in [0.3, 0.4) is 0 Å². The van der Waals surface area contributed by atoms with Crippen molar-refractivity contribution in [2.45, 2.75) is 39.3 Å². The number of unbranched alkanes of at least 4 members (excludes halogenated alkanes) is 1. The zero-order valence-electron chi connectivity index (χ0n) is 16.4. The van der Waals surface area contributed by atoms with Crippen LogP contribution in [-0.2, 0) is 16.1 Å². The molecule has 0 heterocycles. The summed E-state index contributed by atoms with van der Waals surface area (Å²) in [5, 5.41) is 3.44. The number of amides is 2. The van der Waals surface area contributed by atoms with Gasteiger partial charge in [-0.05, 0) is 37.1 Å². The molecule has 0 aliphatic rings. The average molecular weight is 403 g/mol. The van der Waals surface area contributed by atoms with E-state index < -0.39 is 6.04 Å². The van der Waals surface area contributed by atoms with Gasteiger partial charge in [-0.25, -0.2) is 0 Å². The summed E-state index contributed by atoms with van der Waals surface area (Å²) in [5.74, 6) is 0.143. The van der Waals surface area contributed by atoms with E-state index in [1.54, 1.807) is 25.1 Å². The van der Waals surface area contributed by atoms with Crippen molar-refractivity contribution >= 4 is 23.4 Å². The van der Waals surface area contributed by atoms with Crippen LogP contribution in [0.5, 0.6) is 5.75 Å². The molecule has 2 aromatic carbocycles. The van der Waals surface area contributed by atoms with Gasteiger partial charge in [0.2, 0.25) is 5.91 Å². The molecule has 2 amide bonds. The number of nitrogens with zero attached hydrogens (tertiary/aromatic N) is 1. The number of para-hydroxylation sites is 1. The molecular weight excluding hydrogens is 376 g/mol. The van der Waals surface area contributed by atoms with Crippen molar-refractivity contribution in [3.63, 3.8) is 0 Å². The van der Waals surface area contributed by atoms with Gasteiger partial charge in [-0.3, -0.25) is 9.59 Å². The first kappa shape index (κ1) is 21.8. The van der Waals surface area contributed by atoms with Crippen LogP contribution in [0.2, 0.25) is 5.02 Å². The highest BCUT2D eigenvalue weighted by Gasteiger charge is 2.26. The highest BCUT2D eigenvalue weighted by Crippen LogP contribution is 2.19. The minimum absolute atomic E-state index is 0.152. The van der Waals surface area contributed by atoms with Gasteiger partial charge in [0.05, 0.1) is 0 Å². The number of ether oxygens (including phenoxy) is 1. The van der Waals surface area contributed by atoms with Crippen LogP contribution in [0.4, 0.5) is 0 Å². The van der Waals surface area contributed by atoms with E-state index in [1.807, 2.05) is 36.4 Å². The van der Waals surface area contributed by atoms with Crippen LogP contribution in [-0.4, -0.2) is 35.9 Å². The molecule has 0 bridgehead atoms. The summed E-state index contributed by atoms with van der Waals surface area (Å²) in [6, 6.07) is 15.8. The Balaban J connectivity index is 2.11. The summed E-state index contributed by atoms with van der Waals surface area (Å²) in [6.45, 7) is 4.46. The van der Waals surface area contributed by atoms with Crippen LogP contribution >= 0.6 is 11.6 Å². The molecule has 0 aromatic heterocycles. The van der Waals surface area contributed by atoms with E-state index in [9.17, 15) is 9.59 Å². The molecule has 0 radical (unpaired) electrons. The van der Waals surface area contributed by atoms with E-state index in [0.29, 0.717) is 17.3 Å². The van der Waals surface area contributed by atoms with E-state index in [4.69, 9.17) is 16.3 Å². The Hall–Kier alpha value is -2.53. The predicted molar refractivity (Wildman–Crippen MR) is 111 cm³/mol. The maximum absolute atomic E-state index is 12.9. The molecule has 0 spiro atoms. The fourth-order valence-electron chi connectivity index (χ4n) is 2.67. The van der Waals surface area contributed by atoms with E-state index in [1.165, 1.54) is 4.90 Å². The zero-order valence-corrected chi connectivity index (χ0v) is 17.1. The molecule has 0 fully saturated rings. The molecule has 6 heteroatoms. The van der Waals surface area contributed by atoms with Crippen molar-refractivity contribution < 1.29 is 14.3 Å². The second-order valence-electron chi connectivity index (χ2n) is 6.54. The highest BCUT2D eigenvalue weighted by molar-refractivity contribution is 6.31. The lowest BCUT2D eigenvalue weighted by atomic mass is 10.1. The molecule has 150 valence electrons. The van der Waals surface area contributed by atoms with Crippen molar-refractivity contribution in [3.05, 3.63) is 65.2 Å². The molecular formula is C22H27ClN2O3. The minimum Gasteiger partial charge on any atom is -0.484 e. The van der Waals surface area contributed by atoms with E-state index in [0.717, 1.165) is 18.4 Å². The zero-order chi connectivity index (χ0) is 20.4. The number of carbonyl (C=O) groups excluding carboxylic acids is 2. The van der Waals surface area contributed by atoms with E-state index in [-0.39, 0.29) is 25.0 Å². The second-order valence-corrected chi connectivity index (χ2v) is 6.94. The third kappa shape index (κ3) is 6.57. The Kier molecular flexibility index (Phi) is 8.82. The Morgan fingerprint density at radius 2 is 1.79 bits per heavy atom. The first-order chi connectivity index (χ1) is 13.5. The summed E-state index contributed by atoms with van der Waals surface area (Å²) < 4.78 is 5.59. The molecule has 2 aromatic rings. The summed E-state index contributed by atoms with van der Waals surface area (Å²) >= 11 is 6.26. The molecule has 28 heavy (non-hydrogen) atoms. The fourth-order valence-corrected chi connectivity index (χ4v) is 2.87. The maximum Gasteiger partial charge on any atom is 0.261 e. The Labute approximate surface area is 171 Å². The molecule has 2 rings (SSSR count). The average Bonchev–Trinajstić information content (AvgIpc) is 2.71. The molecule has 1 atom stereocenters. The molecule has 0 aliphatic carbocycles. The lowest BCUT2D eigenvalue weighted by Crippen LogP contribution is -2.49. The highest BCUT2D eigenvalue weighted by atomic mass is 35.5. The van der Waals surface area contributed by atoms with Gasteiger partial charge in [0.15, 0.2) is 6.61 Å². The normalized spacial score (nSPS) is 11.5. The van der Waals surface area contributed by atoms with Gasteiger partial charge in [-0.1, -0.05) is 61.3 Å². The van der Waals surface area contributed by atoms with Gasteiger partial charge in [0.25, 0.3) is 5.91 Å². The van der Waals surface area contributed by atoms with Gasteiger partial charge >= 0.3 is 0 Å². The number of nitrogens with one attached hydrogen (secondary N) is 1. The maximum atomic E-state index is 12.9. The number of hydrogen-bond acceptors (Lipinski definition) is 3. The van der Waals surface area contributed by atoms with Crippen LogP contribution in [0.15, 0.2) is 54.6 Å². The Bertz CT molecular complexity index is 767. The molecule has 0 saturated carbocycles. The van der Waals surface area contributed by atoms with Gasteiger partial charge in [-0.15, -0.1) is 0 Å². The quantitative estimate of drug-likeness (QED) is 0.610. The first-order valence-electron chi connectivity index (χ1n) is 9.51. The Morgan fingerprint density at radius 1 is 1.11 bits per heavy atom. The van der Waals surface area contributed by atoms with Crippen molar-refractivity contribution in [1.29, 1.82) is 0 Å². The topological polar surface area (TPSA) is 58.6 Å². The molecule has 0 saturated heterocycles. The van der Waals surface area contributed by atoms with Gasteiger partial charge in [0, 0.05) is 18.1 Å². The number of halogens is 1. The third-order valence-corrected chi connectivity index (χ3v) is 4.77. The molecule has 0 aliphatic heterocycles. The van der Waals surface area contributed by atoms with E-state index in [2.05, 4.69) is 12.2 Å². The van der Waals surface area contributed by atoms with Crippen LogP contribution < -0.4 is 10.1 Å². The van der Waals surface area contributed by atoms with Gasteiger partial charge in [0.1, 0.15) is 11.8 Å².